The van der Waals surface area contributed by atoms with E-state index < -0.39 is 0 Å². The Morgan fingerprint density at radius 3 is 2.88 bits per heavy atom. The van der Waals surface area contributed by atoms with Crippen molar-refractivity contribution in [2.75, 3.05) is 19.6 Å². The Morgan fingerprint density at radius 2 is 2.12 bits per heavy atom. The molecule has 1 saturated heterocycles. The zero-order valence-electron chi connectivity index (χ0n) is 14.2. The first-order valence-electron chi connectivity index (χ1n) is 8.82. The van der Waals surface area contributed by atoms with Crippen LogP contribution in [0.4, 0.5) is 0 Å². The van der Waals surface area contributed by atoms with Crippen LogP contribution in [0.1, 0.15) is 48.9 Å². The molecule has 25 heavy (non-hydrogen) atoms. The Hall–Kier alpha value is -1.66. The second kappa shape index (κ2) is 8.63. The van der Waals surface area contributed by atoms with Crippen LogP contribution in [0.3, 0.4) is 0 Å². The number of pyridine rings is 1. The molecule has 0 spiro atoms. The minimum absolute atomic E-state index is 0.158. The molecule has 0 saturated carbocycles. The van der Waals surface area contributed by atoms with E-state index in [9.17, 15) is 4.79 Å². The van der Waals surface area contributed by atoms with Gasteiger partial charge in [-0.05, 0) is 62.9 Å². The van der Waals surface area contributed by atoms with Crippen molar-refractivity contribution in [2.24, 2.45) is 0 Å². The van der Waals surface area contributed by atoms with Gasteiger partial charge in [-0.15, -0.1) is 0 Å². The van der Waals surface area contributed by atoms with Crippen LogP contribution in [0.15, 0.2) is 30.0 Å². The highest BCUT2D eigenvalue weighted by atomic mass is 35.5. The highest BCUT2D eigenvalue weighted by molar-refractivity contribution is 7.80. The lowest BCUT2D eigenvalue weighted by Crippen LogP contribution is -2.49. The normalized spacial score (nSPS) is 17.4. The second-order valence-electron chi connectivity index (χ2n) is 6.34. The standard InChI is InChI=1S/C18H23ClN4OS/c19-16-15(8-4-10-20-16)17(24)22-12-5-13-23(22)18(25)21-11-9-14-6-2-1-3-7-14/h4,6,8,10H,1-3,5,7,9,11-13H2,(H,21,25). The van der Waals surface area contributed by atoms with E-state index in [0.29, 0.717) is 17.2 Å². The zero-order valence-corrected chi connectivity index (χ0v) is 15.8. The molecule has 0 atom stereocenters. The number of carbonyl (C=O) groups excluding carboxylic acids is 1. The molecule has 7 heteroatoms. The Morgan fingerprint density at radius 1 is 1.28 bits per heavy atom. The van der Waals surface area contributed by atoms with Crippen LogP contribution in [0.5, 0.6) is 0 Å². The van der Waals surface area contributed by atoms with Crippen molar-refractivity contribution >= 4 is 34.8 Å². The van der Waals surface area contributed by atoms with Gasteiger partial charge in [0, 0.05) is 25.8 Å². The molecule has 0 unspecified atom stereocenters. The summed E-state index contributed by atoms with van der Waals surface area (Å²) < 4.78 is 0. The number of nitrogens with one attached hydrogen (secondary N) is 1. The van der Waals surface area contributed by atoms with Crippen LogP contribution in [0, 0.1) is 0 Å². The van der Waals surface area contributed by atoms with Gasteiger partial charge >= 0.3 is 0 Å². The van der Waals surface area contributed by atoms with E-state index in [2.05, 4.69) is 16.4 Å². The number of carbonyl (C=O) groups is 1. The minimum Gasteiger partial charge on any atom is -0.361 e. The first kappa shape index (κ1) is 18.1. The number of aromatic nitrogens is 1. The van der Waals surface area contributed by atoms with E-state index in [0.717, 1.165) is 25.9 Å². The lowest BCUT2D eigenvalue weighted by molar-refractivity contribution is 0.0491. The first-order valence-corrected chi connectivity index (χ1v) is 9.61. The lowest BCUT2D eigenvalue weighted by Gasteiger charge is -2.30. The van der Waals surface area contributed by atoms with Gasteiger partial charge in [0.15, 0.2) is 5.11 Å². The Labute approximate surface area is 159 Å². The number of allylic oxidation sites excluding steroid dienone is 1. The van der Waals surface area contributed by atoms with Gasteiger partial charge in [0.05, 0.1) is 5.56 Å². The molecule has 1 aromatic rings. The van der Waals surface area contributed by atoms with Crippen LogP contribution in [0.25, 0.3) is 0 Å². The fourth-order valence-electron chi connectivity index (χ4n) is 3.27. The van der Waals surface area contributed by atoms with E-state index >= 15 is 0 Å². The molecule has 0 bridgehead atoms. The molecule has 134 valence electrons. The van der Waals surface area contributed by atoms with Crippen LogP contribution in [-0.2, 0) is 0 Å². The molecular weight excluding hydrogens is 356 g/mol. The lowest BCUT2D eigenvalue weighted by atomic mass is 9.97. The van der Waals surface area contributed by atoms with Crippen LogP contribution >= 0.6 is 23.8 Å². The molecule has 1 fully saturated rings. The van der Waals surface area contributed by atoms with Crippen molar-refractivity contribution in [1.82, 2.24) is 20.3 Å². The van der Waals surface area contributed by atoms with Crippen molar-refractivity contribution in [3.05, 3.63) is 40.7 Å². The van der Waals surface area contributed by atoms with Crippen molar-refractivity contribution in [1.29, 1.82) is 0 Å². The number of hydrogen-bond donors (Lipinski definition) is 1. The van der Waals surface area contributed by atoms with Gasteiger partial charge < -0.3 is 5.32 Å². The highest BCUT2D eigenvalue weighted by Gasteiger charge is 2.30. The number of nitrogens with zero attached hydrogens (tertiary/aromatic N) is 3. The number of thiocarbonyl (C=S) groups is 1. The van der Waals surface area contributed by atoms with Gasteiger partial charge in [0.1, 0.15) is 5.15 Å². The average Bonchev–Trinajstić information content (AvgIpc) is 3.12. The van der Waals surface area contributed by atoms with E-state index in [-0.39, 0.29) is 11.1 Å². The molecule has 1 amide bonds. The molecule has 3 rings (SSSR count). The zero-order chi connectivity index (χ0) is 17.6. The maximum Gasteiger partial charge on any atom is 0.275 e. The van der Waals surface area contributed by atoms with Crippen LogP contribution in [-0.4, -0.2) is 45.7 Å². The van der Waals surface area contributed by atoms with Crippen molar-refractivity contribution in [3.8, 4) is 0 Å². The summed E-state index contributed by atoms with van der Waals surface area (Å²) in [5.41, 5.74) is 1.92. The molecule has 1 aliphatic heterocycles. The molecular formula is C18H23ClN4OS. The maximum atomic E-state index is 12.8. The largest absolute Gasteiger partial charge is 0.361 e. The highest BCUT2D eigenvalue weighted by Crippen LogP contribution is 2.21. The van der Waals surface area contributed by atoms with Gasteiger partial charge in [0.2, 0.25) is 0 Å². The molecule has 5 nitrogen and oxygen atoms in total. The molecule has 2 heterocycles. The van der Waals surface area contributed by atoms with Crippen LogP contribution < -0.4 is 5.32 Å². The summed E-state index contributed by atoms with van der Waals surface area (Å²) in [6.07, 6.45) is 10.8. The summed E-state index contributed by atoms with van der Waals surface area (Å²) in [5, 5.41) is 7.63. The van der Waals surface area contributed by atoms with E-state index in [4.69, 9.17) is 23.8 Å². The fraction of sp³-hybridized carbons (Fsp3) is 0.500. The van der Waals surface area contributed by atoms with Gasteiger partial charge in [-0.1, -0.05) is 23.3 Å². The number of halogens is 1. The predicted molar refractivity (Wildman–Crippen MR) is 103 cm³/mol. The number of hydrazine groups is 1. The first-order chi connectivity index (χ1) is 12.2. The topological polar surface area (TPSA) is 48.5 Å². The van der Waals surface area contributed by atoms with Crippen LogP contribution in [0.2, 0.25) is 5.15 Å². The summed E-state index contributed by atoms with van der Waals surface area (Å²) in [6.45, 7) is 2.17. The third kappa shape index (κ3) is 4.50. The molecule has 2 aliphatic rings. The minimum atomic E-state index is -0.158. The van der Waals surface area contributed by atoms with Crippen molar-refractivity contribution in [2.45, 2.75) is 38.5 Å². The summed E-state index contributed by atoms with van der Waals surface area (Å²) >= 11 is 11.6. The van der Waals surface area contributed by atoms with Gasteiger partial charge in [-0.3, -0.25) is 9.80 Å². The summed E-state index contributed by atoms with van der Waals surface area (Å²) in [6, 6.07) is 3.41. The summed E-state index contributed by atoms with van der Waals surface area (Å²) in [4.78, 5) is 16.8. The molecule has 0 radical (unpaired) electrons. The second-order valence-corrected chi connectivity index (χ2v) is 7.08. The third-order valence-electron chi connectivity index (χ3n) is 4.60. The Balaban J connectivity index is 1.57. The summed E-state index contributed by atoms with van der Waals surface area (Å²) in [7, 11) is 0. The quantitative estimate of drug-likeness (QED) is 0.493. The number of rotatable bonds is 4. The van der Waals surface area contributed by atoms with Gasteiger partial charge in [-0.2, -0.15) is 0 Å². The molecule has 1 aromatic heterocycles. The molecule has 1 N–H and O–H groups in total. The predicted octanol–water partition coefficient (Wildman–Crippen LogP) is 3.56. The smallest absolute Gasteiger partial charge is 0.275 e. The van der Waals surface area contributed by atoms with E-state index in [1.165, 1.54) is 31.3 Å². The number of amides is 1. The monoisotopic (exact) mass is 378 g/mol. The Bertz CT molecular complexity index is 679. The van der Waals surface area contributed by atoms with E-state index in [1.54, 1.807) is 23.3 Å². The SMILES string of the molecule is O=C(c1cccnc1Cl)N1CCCN1C(=S)NCCC1=CCCCC1. The Kier molecular flexibility index (Phi) is 6.26. The van der Waals surface area contributed by atoms with Gasteiger partial charge in [-0.25, -0.2) is 9.99 Å². The molecule has 1 aliphatic carbocycles. The van der Waals surface area contributed by atoms with Gasteiger partial charge in [0.25, 0.3) is 5.91 Å². The third-order valence-corrected chi connectivity index (χ3v) is 5.25. The van der Waals surface area contributed by atoms with E-state index in [1.807, 2.05) is 5.01 Å². The fourth-order valence-corrected chi connectivity index (χ4v) is 3.76. The maximum absolute atomic E-state index is 12.8. The average molecular weight is 379 g/mol. The summed E-state index contributed by atoms with van der Waals surface area (Å²) in [5.74, 6) is -0.158. The van der Waals surface area contributed by atoms with Crippen molar-refractivity contribution in [3.63, 3.8) is 0 Å². The molecule has 0 aromatic carbocycles. The number of hydrogen-bond acceptors (Lipinski definition) is 3. The van der Waals surface area contributed by atoms with Crippen molar-refractivity contribution < 1.29 is 4.79 Å².